The van der Waals surface area contributed by atoms with E-state index >= 15 is 0 Å². The molecule has 1 heterocycles. The zero-order valence-electron chi connectivity index (χ0n) is 12.2. The second-order valence-electron chi connectivity index (χ2n) is 7.21. The molecule has 16 heavy (non-hydrogen) atoms. The van der Waals surface area contributed by atoms with Gasteiger partial charge in [-0.25, -0.2) is 0 Å². The van der Waals surface area contributed by atoms with E-state index in [4.69, 9.17) is 0 Å². The van der Waals surface area contributed by atoms with Crippen molar-refractivity contribution in [3.05, 3.63) is 0 Å². The highest BCUT2D eigenvalue weighted by molar-refractivity contribution is 8.24. The summed E-state index contributed by atoms with van der Waals surface area (Å²) < 4.78 is 0.608. The average molecular weight is 293 g/mol. The highest BCUT2D eigenvalue weighted by Gasteiger charge is 2.56. The van der Waals surface area contributed by atoms with E-state index in [0.717, 1.165) is 10.5 Å². The third kappa shape index (κ3) is 2.75. The lowest BCUT2D eigenvalue weighted by molar-refractivity contribution is 0.792. The molecule has 0 bridgehead atoms. The molecule has 0 saturated carbocycles. The van der Waals surface area contributed by atoms with Gasteiger partial charge in [0.2, 0.25) is 0 Å². The first-order valence-electron chi connectivity index (χ1n) is 6.35. The molecule has 0 spiro atoms. The molecule has 1 fully saturated rings. The Labute approximate surface area is 113 Å². The van der Waals surface area contributed by atoms with Crippen LogP contribution in [0, 0.1) is 0 Å². The van der Waals surface area contributed by atoms with E-state index in [1.54, 1.807) is 0 Å². The quantitative estimate of drug-likeness (QED) is 0.651. The van der Waals surface area contributed by atoms with Gasteiger partial charge in [0.25, 0.3) is 0 Å². The second-order valence-corrected chi connectivity index (χ2v) is 23.2. The Morgan fingerprint density at radius 1 is 0.812 bits per heavy atom. The smallest absolute Gasteiger partial charge is 0.0714 e. The van der Waals surface area contributed by atoms with Crippen LogP contribution in [-0.4, -0.2) is 30.0 Å². The fourth-order valence-corrected chi connectivity index (χ4v) is 23.3. The highest BCUT2D eigenvalue weighted by atomic mass is 32.2. The van der Waals surface area contributed by atoms with Gasteiger partial charge in [-0.15, -0.1) is 23.5 Å². The van der Waals surface area contributed by atoms with Gasteiger partial charge in [0.05, 0.1) is 16.1 Å². The molecule has 96 valence electrons. The first-order valence-corrected chi connectivity index (χ1v) is 15.1. The minimum Gasteiger partial charge on any atom is -0.148 e. The lowest BCUT2D eigenvalue weighted by Gasteiger charge is -2.55. The van der Waals surface area contributed by atoms with Crippen molar-refractivity contribution in [2.45, 2.75) is 73.4 Å². The summed E-state index contributed by atoms with van der Waals surface area (Å²) in [5.74, 6) is 0. The minimum absolute atomic E-state index is 0.608. The van der Waals surface area contributed by atoms with Gasteiger partial charge in [-0.3, -0.25) is 0 Å². The molecule has 2 atom stereocenters. The predicted molar refractivity (Wildman–Crippen MR) is 88.1 cm³/mol. The molecule has 1 saturated heterocycles. The molecule has 1 aliphatic heterocycles. The predicted octanol–water partition coefficient (Wildman–Crippen LogP) is 5.08. The molecule has 0 N–H and O–H groups in total. The molecule has 0 unspecified atom stereocenters. The minimum atomic E-state index is -1.14. The van der Waals surface area contributed by atoms with E-state index in [2.05, 4.69) is 76.7 Å². The van der Waals surface area contributed by atoms with Crippen LogP contribution in [0.2, 0.25) is 39.3 Å². The van der Waals surface area contributed by atoms with Crippen molar-refractivity contribution in [1.82, 2.24) is 0 Å². The van der Waals surface area contributed by atoms with E-state index in [-0.39, 0.29) is 0 Å². The number of thioether (sulfide) groups is 2. The Bertz CT molecular complexity index is 227. The van der Waals surface area contributed by atoms with Crippen LogP contribution in [-0.2, 0) is 0 Å². The van der Waals surface area contributed by atoms with E-state index in [9.17, 15) is 0 Å². The SMILES string of the molecule is C[C@@H]1C[C@H](C)SC([Si](C)(C)C)([Si](C)(C)C)S1. The van der Waals surface area contributed by atoms with Gasteiger partial charge >= 0.3 is 0 Å². The maximum Gasteiger partial charge on any atom is 0.0714 e. The van der Waals surface area contributed by atoms with Gasteiger partial charge in [0.15, 0.2) is 0 Å². The Morgan fingerprint density at radius 2 is 1.12 bits per heavy atom. The summed E-state index contributed by atoms with van der Waals surface area (Å²) in [6, 6.07) is 0. The molecule has 0 aromatic rings. The van der Waals surface area contributed by atoms with Crippen LogP contribution in [0.5, 0.6) is 0 Å². The van der Waals surface area contributed by atoms with Gasteiger partial charge in [0.1, 0.15) is 0 Å². The monoisotopic (exact) mass is 292 g/mol. The van der Waals surface area contributed by atoms with Crippen LogP contribution in [0.3, 0.4) is 0 Å². The number of hydrogen-bond acceptors (Lipinski definition) is 2. The Morgan fingerprint density at radius 3 is 1.38 bits per heavy atom. The van der Waals surface area contributed by atoms with Crippen LogP contribution < -0.4 is 0 Å². The standard InChI is InChI=1S/C12H28S2Si2/c1-10-9-11(2)14-12(13-10,15(3,4)5)16(6,7)8/h10-11H,9H2,1-8H3/t10-,11+. The Balaban J connectivity index is 3.15. The number of hydrogen-bond donors (Lipinski definition) is 0. The van der Waals surface area contributed by atoms with Crippen molar-refractivity contribution >= 4 is 39.7 Å². The van der Waals surface area contributed by atoms with Gasteiger partial charge < -0.3 is 0 Å². The number of rotatable bonds is 2. The largest absolute Gasteiger partial charge is 0.148 e. The molecule has 0 radical (unpaired) electrons. The Kier molecular flexibility index (Phi) is 4.43. The molecule has 0 amide bonds. The summed E-state index contributed by atoms with van der Waals surface area (Å²) in [5, 5.41) is 1.71. The maximum absolute atomic E-state index is 2.58. The first kappa shape index (κ1) is 15.2. The Hall–Kier alpha value is 1.13. The van der Waals surface area contributed by atoms with E-state index in [1.807, 2.05) is 0 Å². The lowest BCUT2D eigenvalue weighted by Crippen LogP contribution is -2.64. The third-order valence-corrected chi connectivity index (χ3v) is 23.0. The van der Waals surface area contributed by atoms with Crippen molar-refractivity contribution < 1.29 is 0 Å². The second kappa shape index (κ2) is 4.67. The molecule has 0 aliphatic carbocycles. The van der Waals surface area contributed by atoms with Crippen molar-refractivity contribution in [3.63, 3.8) is 0 Å². The molecule has 4 heteroatoms. The summed E-state index contributed by atoms with van der Waals surface area (Å²) in [4.78, 5) is 0. The summed E-state index contributed by atoms with van der Waals surface area (Å²) in [5.41, 5.74) is 0. The average Bonchev–Trinajstić information content (AvgIpc) is 1.97. The highest BCUT2D eigenvalue weighted by Crippen LogP contribution is 2.58. The normalized spacial score (nSPS) is 31.5. The summed E-state index contributed by atoms with van der Waals surface area (Å²) >= 11 is 4.68. The van der Waals surface area contributed by atoms with Crippen molar-refractivity contribution in [2.75, 3.05) is 0 Å². The van der Waals surface area contributed by atoms with Gasteiger partial charge in [-0.1, -0.05) is 53.1 Å². The van der Waals surface area contributed by atoms with Crippen molar-refractivity contribution in [3.8, 4) is 0 Å². The fourth-order valence-electron chi connectivity index (χ4n) is 2.99. The van der Waals surface area contributed by atoms with E-state index < -0.39 is 16.1 Å². The summed E-state index contributed by atoms with van der Waals surface area (Å²) in [6.45, 7) is 20.4. The molecule has 1 aliphatic rings. The van der Waals surface area contributed by atoms with Gasteiger partial charge in [-0.05, 0) is 6.42 Å². The van der Waals surface area contributed by atoms with E-state index in [1.165, 1.54) is 6.42 Å². The van der Waals surface area contributed by atoms with Crippen molar-refractivity contribution in [2.24, 2.45) is 0 Å². The molecule has 0 aromatic heterocycles. The summed E-state index contributed by atoms with van der Waals surface area (Å²) in [7, 11) is -2.28. The third-order valence-electron chi connectivity index (χ3n) is 3.37. The summed E-state index contributed by atoms with van der Waals surface area (Å²) in [6.07, 6.45) is 1.39. The maximum atomic E-state index is 2.58. The molecule has 0 aromatic carbocycles. The molecular weight excluding hydrogens is 264 g/mol. The van der Waals surface area contributed by atoms with Gasteiger partial charge in [-0.2, -0.15) is 0 Å². The first-order chi connectivity index (χ1) is 6.99. The fraction of sp³-hybridized carbons (Fsp3) is 1.00. The van der Waals surface area contributed by atoms with Crippen molar-refractivity contribution in [1.29, 1.82) is 0 Å². The van der Waals surface area contributed by atoms with E-state index in [0.29, 0.717) is 3.33 Å². The molecule has 0 nitrogen and oxygen atoms in total. The molecule has 1 rings (SSSR count). The lowest BCUT2D eigenvalue weighted by atomic mass is 10.3. The van der Waals surface area contributed by atoms with Crippen LogP contribution in [0.15, 0.2) is 0 Å². The zero-order valence-corrected chi connectivity index (χ0v) is 15.8. The molecular formula is C12H28S2Si2. The van der Waals surface area contributed by atoms with Crippen LogP contribution in [0.25, 0.3) is 0 Å². The topological polar surface area (TPSA) is 0 Å². The zero-order chi connectivity index (χ0) is 12.8. The van der Waals surface area contributed by atoms with Gasteiger partial charge in [0, 0.05) is 13.8 Å². The van der Waals surface area contributed by atoms with Crippen LogP contribution >= 0.6 is 23.5 Å². The van der Waals surface area contributed by atoms with Crippen LogP contribution in [0.1, 0.15) is 20.3 Å². The van der Waals surface area contributed by atoms with Crippen LogP contribution in [0.4, 0.5) is 0 Å².